The van der Waals surface area contributed by atoms with Gasteiger partial charge in [0.1, 0.15) is 0 Å². The Hall–Kier alpha value is -1.14. The molecule has 16 heavy (non-hydrogen) atoms. The molecule has 1 aromatic heterocycles. The van der Waals surface area contributed by atoms with Gasteiger partial charge in [0, 0.05) is 0 Å². The largest absolute Gasteiger partial charge is 0.408 e. The topological polar surface area (TPSA) is 81.2 Å². The molecule has 0 saturated heterocycles. The second-order valence-electron chi connectivity index (χ2n) is 4.19. The monoisotopic (exact) mass is 245 g/mol. The third-order valence-corrected chi connectivity index (χ3v) is 3.13. The van der Waals surface area contributed by atoms with Gasteiger partial charge in [0.2, 0.25) is 0 Å². The van der Waals surface area contributed by atoms with Crippen molar-refractivity contribution in [3.8, 4) is 0 Å². The summed E-state index contributed by atoms with van der Waals surface area (Å²) in [7, 11) is 0. The van der Waals surface area contributed by atoms with Crippen LogP contribution in [0.15, 0.2) is 6.20 Å². The standard InChI is InChI=1S/C9H12ClN3O3/c10-7-5-12(11-8(7)13(15)16)6-9(14)3-1-2-4-9/h5,14H,1-4,6H2. The van der Waals surface area contributed by atoms with Crippen molar-refractivity contribution in [2.24, 2.45) is 0 Å². The first kappa shape index (κ1) is 11.3. The van der Waals surface area contributed by atoms with Crippen LogP contribution in [0.3, 0.4) is 0 Å². The molecule has 0 unspecified atom stereocenters. The molecule has 1 aliphatic carbocycles. The van der Waals surface area contributed by atoms with Crippen molar-refractivity contribution in [1.82, 2.24) is 9.78 Å². The minimum atomic E-state index is -0.788. The zero-order valence-corrected chi connectivity index (χ0v) is 9.35. The van der Waals surface area contributed by atoms with Gasteiger partial charge in [-0.25, -0.2) is 0 Å². The summed E-state index contributed by atoms with van der Waals surface area (Å²) in [5, 5.41) is 24.4. The van der Waals surface area contributed by atoms with Gasteiger partial charge in [-0.15, -0.1) is 0 Å². The fourth-order valence-electron chi connectivity index (χ4n) is 2.08. The van der Waals surface area contributed by atoms with Crippen LogP contribution in [0.4, 0.5) is 5.82 Å². The van der Waals surface area contributed by atoms with Crippen molar-refractivity contribution in [3.05, 3.63) is 21.3 Å². The number of aliphatic hydroxyl groups is 1. The number of hydrogen-bond acceptors (Lipinski definition) is 4. The fourth-order valence-corrected chi connectivity index (χ4v) is 2.30. The molecule has 7 heteroatoms. The Morgan fingerprint density at radius 1 is 1.62 bits per heavy atom. The summed E-state index contributed by atoms with van der Waals surface area (Å²) >= 11 is 5.66. The van der Waals surface area contributed by atoms with E-state index in [0.717, 1.165) is 12.8 Å². The van der Waals surface area contributed by atoms with Gasteiger partial charge in [0.05, 0.1) is 23.4 Å². The molecule has 1 aromatic rings. The van der Waals surface area contributed by atoms with Gasteiger partial charge in [-0.3, -0.25) is 0 Å². The third kappa shape index (κ3) is 2.17. The van der Waals surface area contributed by atoms with E-state index in [4.69, 9.17) is 11.6 Å². The van der Waals surface area contributed by atoms with E-state index in [9.17, 15) is 15.2 Å². The molecule has 0 radical (unpaired) electrons. The molecule has 0 atom stereocenters. The van der Waals surface area contributed by atoms with Crippen LogP contribution in [0.1, 0.15) is 25.7 Å². The van der Waals surface area contributed by atoms with Crippen LogP contribution in [0.25, 0.3) is 0 Å². The van der Waals surface area contributed by atoms with Crippen molar-refractivity contribution in [1.29, 1.82) is 0 Å². The van der Waals surface area contributed by atoms with Gasteiger partial charge in [0.15, 0.2) is 5.02 Å². The van der Waals surface area contributed by atoms with Gasteiger partial charge in [0.25, 0.3) is 0 Å². The summed E-state index contributed by atoms with van der Waals surface area (Å²) < 4.78 is 1.35. The second kappa shape index (κ2) is 4.03. The molecule has 1 fully saturated rings. The fraction of sp³-hybridized carbons (Fsp3) is 0.667. The van der Waals surface area contributed by atoms with Gasteiger partial charge in [-0.2, -0.15) is 4.68 Å². The number of nitrogens with zero attached hydrogens (tertiary/aromatic N) is 3. The maximum atomic E-state index is 10.5. The predicted octanol–water partition coefficient (Wildman–Crippen LogP) is 1.75. The summed E-state index contributed by atoms with van der Waals surface area (Å²) in [4.78, 5) is 9.91. The molecule has 0 spiro atoms. The van der Waals surface area contributed by atoms with Crippen LogP contribution in [0.5, 0.6) is 0 Å². The van der Waals surface area contributed by atoms with Gasteiger partial charge < -0.3 is 15.2 Å². The van der Waals surface area contributed by atoms with E-state index in [1.165, 1.54) is 10.9 Å². The molecular formula is C9H12ClN3O3. The van der Waals surface area contributed by atoms with Gasteiger partial charge in [-0.1, -0.05) is 24.4 Å². The SMILES string of the molecule is O=[N+]([O-])c1nn(CC2(O)CCCC2)cc1Cl. The Labute approximate surface area is 97.0 Å². The molecule has 1 heterocycles. The first-order valence-corrected chi connectivity index (χ1v) is 5.48. The number of rotatable bonds is 3. The number of halogens is 1. The highest BCUT2D eigenvalue weighted by atomic mass is 35.5. The maximum Gasteiger partial charge on any atom is 0.408 e. The molecule has 1 N–H and O–H groups in total. The van der Waals surface area contributed by atoms with Crippen LogP contribution in [-0.4, -0.2) is 25.4 Å². The molecule has 0 aliphatic heterocycles. The van der Waals surface area contributed by atoms with E-state index in [0.29, 0.717) is 12.8 Å². The molecule has 0 aromatic carbocycles. The Morgan fingerprint density at radius 2 is 2.25 bits per heavy atom. The van der Waals surface area contributed by atoms with Crippen molar-refractivity contribution in [2.45, 2.75) is 37.8 Å². The van der Waals surface area contributed by atoms with E-state index in [1.807, 2.05) is 0 Å². The van der Waals surface area contributed by atoms with Gasteiger partial charge in [-0.05, 0) is 17.8 Å². The summed E-state index contributed by atoms with van der Waals surface area (Å²) in [5.74, 6) is -0.358. The molecule has 2 rings (SSSR count). The number of aromatic nitrogens is 2. The lowest BCUT2D eigenvalue weighted by molar-refractivity contribution is -0.389. The highest BCUT2D eigenvalue weighted by molar-refractivity contribution is 6.32. The predicted molar refractivity (Wildman–Crippen MR) is 57.3 cm³/mol. The van der Waals surface area contributed by atoms with Crippen molar-refractivity contribution >= 4 is 17.4 Å². The Morgan fingerprint density at radius 3 is 2.75 bits per heavy atom. The molecule has 0 bridgehead atoms. The Balaban J connectivity index is 2.16. The average molecular weight is 246 g/mol. The third-order valence-electron chi connectivity index (χ3n) is 2.86. The Bertz CT molecular complexity index is 412. The molecular weight excluding hydrogens is 234 g/mol. The first-order valence-electron chi connectivity index (χ1n) is 5.10. The molecule has 0 amide bonds. The second-order valence-corrected chi connectivity index (χ2v) is 4.59. The van der Waals surface area contributed by atoms with E-state index in [-0.39, 0.29) is 17.4 Å². The van der Waals surface area contributed by atoms with Crippen LogP contribution >= 0.6 is 11.6 Å². The number of nitro groups is 1. The highest BCUT2D eigenvalue weighted by Gasteiger charge is 2.33. The van der Waals surface area contributed by atoms with Crippen molar-refractivity contribution < 1.29 is 10.0 Å². The lowest BCUT2D eigenvalue weighted by atomic mass is 10.0. The normalized spacial score (nSPS) is 18.9. The number of hydrogen-bond donors (Lipinski definition) is 1. The average Bonchev–Trinajstić information content (AvgIpc) is 2.73. The zero-order chi connectivity index (χ0) is 11.8. The minimum Gasteiger partial charge on any atom is -0.388 e. The molecule has 88 valence electrons. The lowest BCUT2D eigenvalue weighted by Crippen LogP contribution is -2.30. The summed E-state index contributed by atoms with van der Waals surface area (Å²) in [6, 6.07) is 0. The van der Waals surface area contributed by atoms with Crippen LogP contribution < -0.4 is 0 Å². The zero-order valence-electron chi connectivity index (χ0n) is 8.60. The first-order chi connectivity index (χ1) is 7.50. The van der Waals surface area contributed by atoms with Crippen molar-refractivity contribution in [3.63, 3.8) is 0 Å². The van der Waals surface area contributed by atoms with E-state index >= 15 is 0 Å². The Kier molecular flexibility index (Phi) is 2.86. The molecule has 6 nitrogen and oxygen atoms in total. The minimum absolute atomic E-state index is 0.00611. The maximum absolute atomic E-state index is 10.5. The van der Waals surface area contributed by atoms with E-state index < -0.39 is 10.5 Å². The summed E-state index contributed by atoms with van der Waals surface area (Å²) in [5.41, 5.74) is -0.788. The van der Waals surface area contributed by atoms with E-state index in [1.54, 1.807) is 0 Å². The lowest BCUT2D eigenvalue weighted by Gasteiger charge is -2.19. The molecule has 1 aliphatic rings. The van der Waals surface area contributed by atoms with Crippen LogP contribution in [0.2, 0.25) is 5.02 Å². The summed E-state index contributed by atoms with van der Waals surface area (Å²) in [6.45, 7) is 0.264. The molecule has 1 saturated carbocycles. The summed E-state index contributed by atoms with van der Waals surface area (Å²) in [6.07, 6.45) is 4.76. The van der Waals surface area contributed by atoms with Crippen molar-refractivity contribution in [2.75, 3.05) is 0 Å². The van der Waals surface area contributed by atoms with E-state index in [2.05, 4.69) is 5.10 Å². The highest BCUT2D eigenvalue weighted by Crippen LogP contribution is 2.31. The van der Waals surface area contributed by atoms with Crippen LogP contribution in [-0.2, 0) is 6.54 Å². The van der Waals surface area contributed by atoms with Crippen LogP contribution in [0, 0.1) is 10.1 Å². The quantitative estimate of drug-likeness (QED) is 0.650. The smallest absolute Gasteiger partial charge is 0.388 e. The van der Waals surface area contributed by atoms with Gasteiger partial charge >= 0.3 is 5.82 Å².